The predicted octanol–water partition coefficient (Wildman–Crippen LogP) is 6.24. The van der Waals surface area contributed by atoms with E-state index in [9.17, 15) is 9.59 Å². The van der Waals surface area contributed by atoms with Gasteiger partial charge in [-0.3, -0.25) is 14.2 Å². The van der Waals surface area contributed by atoms with Gasteiger partial charge in [-0.1, -0.05) is 59.6 Å². The maximum Gasteiger partial charge on any atom is 0.275 e. The third-order valence-electron chi connectivity index (χ3n) is 6.17. The molecule has 174 valence electrons. The molecule has 2 aliphatic heterocycles. The van der Waals surface area contributed by atoms with E-state index < -0.39 is 24.9 Å². The summed E-state index contributed by atoms with van der Waals surface area (Å²) in [5.74, 6) is -0.925. The fourth-order valence-electron chi connectivity index (χ4n) is 4.73. The van der Waals surface area contributed by atoms with Gasteiger partial charge in [-0.15, -0.1) is 0 Å². The van der Waals surface area contributed by atoms with Crippen LogP contribution in [0.4, 0.5) is 17.1 Å². The Kier molecular flexibility index (Phi) is 6.15. The molecule has 0 radical (unpaired) electrons. The van der Waals surface area contributed by atoms with Crippen LogP contribution in [-0.4, -0.2) is 30.6 Å². The second-order valence-corrected chi connectivity index (χ2v) is 11.9. The summed E-state index contributed by atoms with van der Waals surface area (Å²) in [6, 6.07) is 23.4. The lowest BCUT2D eigenvalue weighted by Crippen LogP contribution is -2.46. The molecule has 0 aliphatic carbocycles. The molecule has 5 rings (SSSR count). The molecule has 0 N–H and O–H groups in total. The highest BCUT2D eigenvalue weighted by Gasteiger charge is 2.56. The first-order valence-electron chi connectivity index (χ1n) is 11.0. The standard InChI is InChI=1S/C25H22Cl2N3O3P/c26-18-14-19(27)16-22(15-18)30-24(31)17-23(25(30)32)34(33)28(20-8-3-1-4-9-20)12-7-13-29(34)21-10-5-2-6-11-21/h1-6,8-11,14-16,23H,7,12-13,17H2. The molecule has 0 aromatic heterocycles. The van der Waals surface area contributed by atoms with E-state index in [4.69, 9.17) is 23.2 Å². The minimum atomic E-state index is -3.61. The smallest absolute Gasteiger partial charge is 0.275 e. The topological polar surface area (TPSA) is 60.9 Å². The first-order valence-corrected chi connectivity index (χ1v) is 13.4. The van der Waals surface area contributed by atoms with Crippen molar-refractivity contribution in [2.45, 2.75) is 18.5 Å². The number of rotatable bonds is 4. The quantitative estimate of drug-likeness (QED) is 0.305. The van der Waals surface area contributed by atoms with Gasteiger partial charge in [0.25, 0.3) is 7.44 Å². The Morgan fingerprint density at radius 1 is 0.735 bits per heavy atom. The van der Waals surface area contributed by atoms with E-state index in [0.29, 0.717) is 23.1 Å². The molecule has 2 amide bonds. The molecule has 2 heterocycles. The Labute approximate surface area is 208 Å². The van der Waals surface area contributed by atoms with E-state index in [1.807, 2.05) is 70.0 Å². The third kappa shape index (κ3) is 3.90. The summed E-state index contributed by atoms with van der Waals surface area (Å²) in [7, 11) is -3.61. The molecule has 6 nitrogen and oxygen atoms in total. The lowest BCUT2D eigenvalue weighted by Gasteiger charge is -2.47. The van der Waals surface area contributed by atoms with Crippen LogP contribution in [0.3, 0.4) is 0 Å². The summed E-state index contributed by atoms with van der Waals surface area (Å²) in [4.78, 5) is 28.0. The molecule has 1 atom stereocenters. The van der Waals surface area contributed by atoms with Gasteiger partial charge in [-0.25, -0.2) is 4.90 Å². The minimum absolute atomic E-state index is 0.160. The Morgan fingerprint density at radius 2 is 1.24 bits per heavy atom. The van der Waals surface area contributed by atoms with Crippen LogP contribution in [0.2, 0.25) is 10.0 Å². The Balaban J connectivity index is 1.63. The van der Waals surface area contributed by atoms with E-state index in [1.54, 1.807) is 0 Å². The van der Waals surface area contributed by atoms with Crippen LogP contribution in [0.1, 0.15) is 12.8 Å². The molecule has 3 aromatic carbocycles. The number of halogens is 2. The minimum Gasteiger partial charge on any atom is -0.306 e. The van der Waals surface area contributed by atoms with Gasteiger partial charge >= 0.3 is 0 Å². The van der Waals surface area contributed by atoms with Crippen LogP contribution in [0, 0.1) is 0 Å². The molecule has 1 unspecified atom stereocenters. The number of anilines is 3. The number of carbonyl (C=O) groups is 2. The zero-order chi connectivity index (χ0) is 23.9. The molecule has 2 fully saturated rings. The number of carbonyl (C=O) groups excluding carboxylic acids is 2. The lowest BCUT2D eigenvalue weighted by atomic mass is 10.3. The third-order valence-corrected chi connectivity index (χ3v) is 10.1. The van der Waals surface area contributed by atoms with Crippen LogP contribution in [0.25, 0.3) is 0 Å². The Hall–Kier alpha value is -2.79. The van der Waals surface area contributed by atoms with Gasteiger partial charge in [0.2, 0.25) is 11.8 Å². The highest BCUT2D eigenvalue weighted by Crippen LogP contribution is 2.64. The van der Waals surface area contributed by atoms with Crippen molar-refractivity contribution in [3.8, 4) is 0 Å². The molecular weight excluding hydrogens is 492 g/mol. The molecular formula is C25H22Cl2N3O3P. The van der Waals surface area contributed by atoms with Gasteiger partial charge in [-0.05, 0) is 48.9 Å². The highest BCUT2D eigenvalue weighted by atomic mass is 35.5. The lowest BCUT2D eigenvalue weighted by molar-refractivity contribution is -0.121. The zero-order valence-corrected chi connectivity index (χ0v) is 20.6. The first-order chi connectivity index (χ1) is 16.4. The van der Waals surface area contributed by atoms with Crippen molar-refractivity contribution in [1.82, 2.24) is 0 Å². The van der Waals surface area contributed by atoms with Gasteiger partial charge in [0.05, 0.1) is 5.69 Å². The van der Waals surface area contributed by atoms with Crippen molar-refractivity contribution in [2.24, 2.45) is 0 Å². The first kappa shape index (κ1) is 23.0. The molecule has 0 bridgehead atoms. The number of para-hydroxylation sites is 2. The largest absolute Gasteiger partial charge is 0.306 e. The zero-order valence-electron chi connectivity index (χ0n) is 18.2. The number of hydrogen-bond donors (Lipinski definition) is 0. The van der Waals surface area contributed by atoms with Gasteiger partial charge in [0, 0.05) is 40.9 Å². The van der Waals surface area contributed by atoms with E-state index in [0.717, 1.165) is 22.7 Å². The van der Waals surface area contributed by atoms with Crippen molar-refractivity contribution in [3.05, 3.63) is 88.9 Å². The van der Waals surface area contributed by atoms with Crippen LogP contribution in [-0.2, 0) is 14.2 Å². The summed E-state index contributed by atoms with van der Waals surface area (Å²) in [5.41, 5.74) is 0.779. The van der Waals surface area contributed by atoms with Crippen molar-refractivity contribution >= 4 is 59.5 Å². The molecule has 3 aromatic rings. The molecule has 9 heteroatoms. The summed E-state index contributed by atoms with van der Waals surface area (Å²) in [5, 5.41) is 0.625. The monoisotopic (exact) mass is 513 g/mol. The maximum absolute atomic E-state index is 15.2. The second kappa shape index (κ2) is 9.10. The molecule has 0 saturated carbocycles. The van der Waals surface area contributed by atoms with Crippen LogP contribution >= 0.6 is 30.6 Å². The van der Waals surface area contributed by atoms with Crippen molar-refractivity contribution in [1.29, 1.82) is 0 Å². The normalized spacial score (nSPS) is 20.2. The van der Waals surface area contributed by atoms with E-state index in [1.165, 1.54) is 18.2 Å². The van der Waals surface area contributed by atoms with E-state index in [2.05, 4.69) is 0 Å². The summed E-state index contributed by atoms with van der Waals surface area (Å²) >= 11 is 12.3. The number of benzene rings is 3. The summed E-state index contributed by atoms with van der Waals surface area (Å²) in [6.07, 6.45) is 0.600. The van der Waals surface area contributed by atoms with Crippen LogP contribution < -0.4 is 14.2 Å². The number of nitrogens with zero attached hydrogens (tertiary/aromatic N) is 3. The average molecular weight is 514 g/mol. The molecule has 34 heavy (non-hydrogen) atoms. The van der Waals surface area contributed by atoms with Crippen molar-refractivity contribution in [3.63, 3.8) is 0 Å². The summed E-state index contributed by atoms with van der Waals surface area (Å²) in [6.45, 7) is 1.04. The highest BCUT2D eigenvalue weighted by molar-refractivity contribution is 7.69. The van der Waals surface area contributed by atoms with Gasteiger partial charge in [-0.2, -0.15) is 0 Å². The van der Waals surface area contributed by atoms with Gasteiger partial charge < -0.3 is 9.34 Å². The molecule has 2 saturated heterocycles. The van der Waals surface area contributed by atoms with E-state index >= 15 is 4.57 Å². The second-order valence-electron chi connectivity index (χ2n) is 8.27. The van der Waals surface area contributed by atoms with Crippen molar-refractivity contribution in [2.75, 3.05) is 27.3 Å². The predicted molar refractivity (Wildman–Crippen MR) is 137 cm³/mol. The summed E-state index contributed by atoms with van der Waals surface area (Å²) < 4.78 is 18.8. The average Bonchev–Trinajstić information content (AvgIpc) is 3.14. The number of imide groups is 1. The fraction of sp³-hybridized carbons (Fsp3) is 0.200. The van der Waals surface area contributed by atoms with Crippen LogP contribution in [0.5, 0.6) is 0 Å². The van der Waals surface area contributed by atoms with Gasteiger partial charge in [0.15, 0.2) is 0 Å². The number of amides is 2. The number of hydrogen-bond acceptors (Lipinski definition) is 3. The van der Waals surface area contributed by atoms with E-state index in [-0.39, 0.29) is 12.1 Å². The maximum atomic E-state index is 15.2. The van der Waals surface area contributed by atoms with Gasteiger partial charge in [0.1, 0.15) is 5.66 Å². The fourth-order valence-corrected chi connectivity index (χ4v) is 8.76. The SMILES string of the molecule is O=C1CC(P2(=O)N(c3ccccc3)CCCN2c2ccccc2)C(=O)N1c1cc(Cl)cc(Cl)c1. The molecule has 2 aliphatic rings. The van der Waals surface area contributed by atoms with Crippen molar-refractivity contribution < 1.29 is 14.2 Å². The Bertz CT molecular complexity index is 1220. The Morgan fingerprint density at radius 3 is 1.74 bits per heavy atom. The molecule has 0 spiro atoms. The van der Waals surface area contributed by atoms with Crippen LogP contribution in [0.15, 0.2) is 78.9 Å².